The SMILES string of the molecule is CCOC(=O)N1CCC(NC(=O)c2ccc(C(C)C)cc2OC)CC1. The van der Waals surface area contributed by atoms with Crippen LogP contribution in [0, 0.1) is 0 Å². The molecule has 0 unspecified atom stereocenters. The maximum Gasteiger partial charge on any atom is 0.409 e. The minimum atomic E-state index is -0.279. The van der Waals surface area contributed by atoms with Gasteiger partial charge in [0.05, 0.1) is 19.3 Å². The molecule has 1 aromatic rings. The summed E-state index contributed by atoms with van der Waals surface area (Å²) in [6.45, 7) is 7.56. The molecule has 1 saturated heterocycles. The van der Waals surface area contributed by atoms with Crippen LogP contribution in [0.2, 0.25) is 0 Å². The van der Waals surface area contributed by atoms with Gasteiger partial charge in [-0.2, -0.15) is 0 Å². The minimum absolute atomic E-state index is 0.0488. The average molecular weight is 348 g/mol. The molecule has 1 heterocycles. The number of likely N-dealkylation sites (tertiary alicyclic amines) is 1. The van der Waals surface area contributed by atoms with Crippen LogP contribution < -0.4 is 10.1 Å². The number of amides is 2. The Morgan fingerprint density at radius 3 is 2.52 bits per heavy atom. The predicted octanol–water partition coefficient (Wildman–Crippen LogP) is 3.17. The molecule has 2 amide bonds. The summed E-state index contributed by atoms with van der Waals surface area (Å²) in [6.07, 6.45) is 1.16. The minimum Gasteiger partial charge on any atom is -0.496 e. The van der Waals surface area contributed by atoms with Gasteiger partial charge in [0.25, 0.3) is 5.91 Å². The van der Waals surface area contributed by atoms with Crippen LogP contribution in [0.1, 0.15) is 55.5 Å². The van der Waals surface area contributed by atoms with E-state index in [0.29, 0.717) is 36.9 Å². The van der Waals surface area contributed by atoms with E-state index in [-0.39, 0.29) is 18.0 Å². The molecule has 0 aromatic heterocycles. The normalized spacial score (nSPS) is 15.2. The molecule has 6 heteroatoms. The van der Waals surface area contributed by atoms with Crippen LogP contribution >= 0.6 is 0 Å². The quantitative estimate of drug-likeness (QED) is 0.887. The summed E-state index contributed by atoms with van der Waals surface area (Å²) in [5, 5.41) is 3.05. The van der Waals surface area contributed by atoms with Gasteiger partial charge >= 0.3 is 6.09 Å². The van der Waals surface area contributed by atoms with Gasteiger partial charge in [-0.3, -0.25) is 4.79 Å². The summed E-state index contributed by atoms with van der Waals surface area (Å²) in [4.78, 5) is 26.0. The van der Waals surface area contributed by atoms with E-state index >= 15 is 0 Å². The van der Waals surface area contributed by atoms with Crippen molar-refractivity contribution in [3.8, 4) is 5.75 Å². The van der Waals surface area contributed by atoms with Crippen LogP contribution in [-0.4, -0.2) is 49.7 Å². The zero-order chi connectivity index (χ0) is 18.4. The first-order valence-corrected chi connectivity index (χ1v) is 8.86. The van der Waals surface area contributed by atoms with E-state index in [1.165, 1.54) is 0 Å². The van der Waals surface area contributed by atoms with E-state index in [1.54, 1.807) is 18.9 Å². The Labute approximate surface area is 149 Å². The van der Waals surface area contributed by atoms with Crippen molar-refractivity contribution in [2.75, 3.05) is 26.8 Å². The topological polar surface area (TPSA) is 67.9 Å². The molecule has 25 heavy (non-hydrogen) atoms. The van der Waals surface area contributed by atoms with E-state index in [2.05, 4.69) is 19.2 Å². The van der Waals surface area contributed by atoms with Gasteiger partial charge in [-0.05, 0) is 43.4 Å². The monoisotopic (exact) mass is 348 g/mol. The lowest BCUT2D eigenvalue weighted by Crippen LogP contribution is -2.46. The smallest absolute Gasteiger partial charge is 0.409 e. The number of rotatable bonds is 5. The summed E-state index contributed by atoms with van der Waals surface area (Å²) in [5.74, 6) is 0.826. The molecule has 0 atom stereocenters. The average Bonchev–Trinajstić information content (AvgIpc) is 2.61. The number of carbonyl (C=O) groups excluding carboxylic acids is 2. The molecule has 138 valence electrons. The Morgan fingerprint density at radius 2 is 1.96 bits per heavy atom. The van der Waals surface area contributed by atoms with Gasteiger partial charge in [0.2, 0.25) is 0 Å². The molecule has 0 radical (unpaired) electrons. The van der Waals surface area contributed by atoms with Crippen molar-refractivity contribution in [2.24, 2.45) is 0 Å². The fraction of sp³-hybridized carbons (Fsp3) is 0.579. The summed E-state index contributed by atoms with van der Waals surface area (Å²) in [7, 11) is 1.58. The van der Waals surface area contributed by atoms with Gasteiger partial charge in [0.1, 0.15) is 5.75 Å². The molecule has 2 rings (SSSR count). The Morgan fingerprint density at radius 1 is 1.28 bits per heavy atom. The summed E-state index contributed by atoms with van der Waals surface area (Å²) >= 11 is 0. The standard InChI is InChI=1S/C19H28N2O4/c1-5-25-19(23)21-10-8-15(9-11-21)20-18(22)16-7-6-14(13(2)3)12-17(16)24-4/h6-7,12-13,15H,5,8-11H2,1-4H3,(H,20,22). The molecule has 0 saturated carbocycles. The molecule has 0 spiro atoms. The molecular formula is C19H28N2O4. The lowest BCUT2D eigenvalue weighted by Gasteiger charge is -2.31. The highest BCUT2D eigenvalue weighted by Crippen LogP contribution is 2.25. The molecule has 1 fully saturated rings. The Hall–Kier alpha value is -2.24. The molecule has 1 aliphatic rings. The van der Waals surface area contributed by atoms with Gasteiger partial charge in [-0.15, -0.1) is 0 Å². The molecular weight excluding hydrogens is 320 g/mol. The summed E-state index contributed by atoms with van der Waals surface area (Å²) in [6, 6.07) is 5.75. The third-order valence-corrected chi connectivity index (χ3v) is 4.49. The van der Waals surface area contributed by atoms with Crippen LogP contribution in [0.4, 0.5) is 4.79 Å². The molecule has 0 bridgehead atoms. The predicted molar refractivity (Wildman–Crippen MR) is 96.2 cm³/mol. The summed E-state index contributed by atoms with van der Waals surface area (Å²) in [5.41, 5.74) is 1.68. The lowest BCUT2D eigenvalue weighted by molar-refractivity contribution is 0.0858. The summed E-state index contributed by atoms with van der Waals surface area (Å²) < 4.78 is 10.4. The first kappa shape index (κ1) is 19.1. The van der Waals surface area contributed by atoms with Gasteiger partial charge in [-0.25, -0.2) is 4.79 Å². The highest BCUT2D eigenvalue weighted by atomic mass is 16.6. The number of hydrogen-bond acceptors (Lipinski definition) is 4. The zero-order valence-electron chi connectivity index (χ0n) is 15.5. The number of hydrogen-bond donors (Lipinski definition) is 1. The van der Waals surface area contributed by atoms with Crippen molar-refractivity contribution in [1.29, 1.82) is 0 Å². The van der Waals surface area contributed by atoms with Crippen LogP contribution in [-0.2, 0) is 4.74 Å². The number of nitrogens with zero attached hydrogens (tertiary/aromatic N) is 1. The largest absolute Gasteiger partial charge is 0.496 e. The second-order valence-electron chi connectivity index (χ2n) is 6.55. The van der Waals surface area contributed by atoms with E-state index in [0.717, 1.165) is 18.4 Å². The number of nitrogens with one attached hydrogen (secondary N) is 1. The second-order valence-corrected chi connectivity index (χ2v) is 6.55. The van der Waals surface area contributed by atoms with E-state index in [9.17, 15) is 9.59 Å². The highest BCUT2D eigenvalue weighted by molar-refractivity contribution is 5.97. The van der Waals surface area contributed by atoms with Crippen molar-refractivity contribution >= 4 is 12.0 Å². The number of methoxy groups -OCH3 is 1. The fourth-order valence-corrected chi connectivity index (χ4v) is 2.94. The van der Waals surface area contributed by atoms with E-state index in [4.69, 9.17) is 9.47 Å². The highest BCUT2D eigenvalue weighted by Gasteiger charge is 2.25. The lowest BCUT2D eigenvalue weighted by atomic mass is 10.00. The number of ether oxygens (including phenoxy) is 2. The first-order chi connectivity index (χ1) is 12.0. The van der Waals surface area contributed by atoms with Crippen molar-refractivity contribution < 1.29 is 19.1 Å². The fourth-order valence-electron chi connectivity index (χ4n) is 2.94. The van der Waals surface area contributed by atoms with Crippen molar-refractivity contribution in [3.63, 3.8) is 0 Å². The molecule has 1 N–H and O–H groups in total. The Balaban J connectivity index is 1.96. The van der Waals surface area contributed by atoms with Crippen LogP contribution in [0.15, 0.2) is 18.2 Å². The van der Waals surface area contributed by atoms with E-state index in [1.807, 2.05) is 18.2 Å². The van der Waals surface area contributed by atoms with Crippen LogP contribution in [0.5, 0.6) is 5.75 Å². The van der Waals surface area contributed by atoms with Crippen LogP contribution in [0.3, 0.4) is 0 Å². The maximum absolute atomic E-state index is 12.6. The molecule has 0 aliphatic carbocycles. The third-order valence-electron chi connectivity index (χ3n) is 4.49. The van der Waals surface area contributed by atoms with Gasteiger partial charge in [0, 0.05) is 19.1 Å². The van der Waals surface area contributed by atoms with Crippen LogP contribution in [0.25, 0.3) is 0 Å². The number of benzene rings is 1. The number of piperidine rings is 1. The van der Waals surface area contributed by atoms with Gasteiger partial charge < -0.3 is 19.7 Å². The Kier molecular flexibility index (Phi) is 6.67. The second kappa shape index (κ2) is 8.74. The maximum atomic E-state index is 12.6. The molecule has 6 nitrogen and oxygen atoms in total. The van der Waals surface area contributed by atoms with Gasteiger partial charge in [0.15, 0.2) is 0 Å². The van der Waals surface area contributed by atoms with Gasteiger partial charge in [-0.1, -0.05) is 19.9 Å². The number of carbonyl (C=O) groups is 2. The third kappa shape index (κ3) is 4.87. The molecule has 1 aromatic carbocycles. The van der Waals surface area contributed by atoms with Crippen molar-refractivity contribution in [3.05, 3.63) is 29.3 Å². The van der Waals surface area contributed by atoms with E-state index < -0.39 is 0 Å². The van der Waals surface area contributed by atoms with Crippen molar-refractivity contribution in [1.82, 2.24) is 10.2 Å². The molecule has 1 aliphatic heterocycles. The first-order valence-electron chi connectivity index (χ1n) is 8.86. The Bertz CT molecular complexity index is 607. The van der Waals surface area contributed by atoms with Crippen molar-refractivity contribution in [2.45, 2.75) is 45.6 Å². The zero-order valence-corrected chi connectivity index (χ0v) is 15.5.